The Hall–Kier alpha value is -1.26. The predicted molar refractivity (Wildman–Crippen MR) is 79.2 cm³/mol. The first-order valence-corrected chi connectivity index (χ1v) is 6.95. The van der Waals surface area contributed by atoms with Gasteiger partial charge < -0.3 is 19.7 Å². The molecule has 19 heavy (non-hydrogen) atoms. The highest BCUT2D eigenvalue weighted by Crippen LogP contribution is 2.31. The van der Waals surface area contributed by atoms with Crippen LogP contribution in [0.2, 0.25) is 0 Å². The third-order valence-electron chi connectivity index (χ3n) is 3.54. The standard InChI is InChI=1S/C15H24N2O2/c1-18-11-9-17(10-12-19-2)15-7-3-6-14-13(15)5-4-8-16-14/h3,6-7,16H,4-5,8-12H2,1-2H3. The van der Waals surface area contributed by atoms with Crippen LogP contribution in [0.1, 0.15) is 12.0 Å². The highest BCUT2D eigenvalue weighted by Gasteiger charge is 2.16. The minimum absolute atomic E-state index is 0.737. The van der Waals surface area contributed by atoms with Crippen LogP contribution < -0.4 is 10.2 Å². The molecule has 0 aliphatic carbocycles. The van der Waals surface area contributed by atoms with E-state index in [-0.39, 0.29) is 0 Å². The first kappa shape index (κ1) is 14.2. The minimum atomic E-state index is 0.737. The Labute approximate surface area is 115 Å². The van der Waals surface area contributed by atoms with Crippen LogP contribution in [0.15, 0.2) is 18.2 Å². The molecule has 1 aliphatic rings. The van der Waals surface area contributed by atoms with E-state index in [9.17, 15) is 0 Å². The SMILES string of the molecule is COCCN(CCOC)c1cccc2c1CCCN2. The van der Waals surface area contributed by atoms with E-state index in [1.807, 2.05) is 0 Å². The van der Waals surface area contributed by atoms with Crippen molar-refractivity contribution in [1.29, 1.82) is 0 Å². The van der Waals surface area contributed by atoms with Gasteiger partial charge in [0.05, 0.1) is 13.2 Å². The van der Waals surface area contributed by atoms with Gasteiger partial charge in [0.15, 0.2) is 0 Å². The summed E-state index contributed by atoms with van der Waals surface area (Å²) >= 11 is 0. The zero-order chi connectivity index (χ0) is 13.5. The van der Waals surface area contributed by atoms with Crippen LogP contribution in [-0.2, 0) is 15.9 Å². The highest BCUT2D eigenvalue weighted by molar-refractivity contribution is 5.67. The molecule has 0 spiro atoms. The van der Waals surface area contributed by atoms with Crippen LogP contribution in [0.4, 0.5) is 11.4 Å². The van der Waals surface area contributed by atoms with Gasteiger partial charge in [0.2, 0.25) is 0 Å². The lowest BCUT2D eigenvalue weighted by Crippen LogP contribution is -2.32. The van der Waals surface area contributed by atoms with Crippen molar-refractivity contribution in [3.8, 4) is 0 Å². The molecular weight excluding hydrogens is 240 g/mol. The fourth-order valence-corrected chi connectivity index (χ4v) is 2.54. The smallest absolute Gasteiger partial charge is 0.0637 e. The van der Waals surface area contributed by atoms with Crippen molar-refractivity contribution in [3.05, 3.63) is 23.8 Å². The number of methoxy groups -OCH3 is 2. The van der Waals surface area contributed by atoms with Crippen molar-refractivity contribution >= 4 is 11.4 Å². The molecule has 0 saturated heterocycles. The van der Waals surface area contributed by atoms with E-state index in [0.717, 1.165) is 39.3 Å². The summed E-state index contributed by atoms with van der Waals surface area (Å²) < 4.78 is 10.4. The Balaban J connectivity index is 2.19. The second-order valence-corrected chi connectivity index (χ2v) is 4.81. The number of hydrogen-bond donors (Lipinski definition) is 1. The molecule has 4 heteroatoms. The monoisotopic (exact) mass is 264 g/mol. The normalized spacial score (nSPS) is 13.8. The van der Waals surface area contributed by atoms with Gasteiger partial charge in [-0.05, 0) is 30.5 Å². The maximum atomic E-state index is 5.22. The highest BCUT2D eigenvalue weighted by atomic mass is 16.5. The summed E-state index contributed by atoms with van der Waals surface area (Å²) in [6.07, 6.45) is 2.35. The number of anilines is 2. The topological polar surface area (TPSA) is 33.7 Å². The first-order valence-electron chi connectivity index (χ1n) is 6.95. The Morgan fingerprint density at radius 1 is 1.16 bits per heavy atom. The van der Waals surface area contributed by atoms with Gasteiger partial charge in [0.25, 0.3) is 0 Å². The molecule has 106 valence electrons. The van der Waals surface area contributed by atoms with Crippen LogP contribution in [0, 0.1) is 0 Å². The van der Waals surface area contributed by atoms with Crippen molar-refractivity contribution in [1.82, 2.24) is 0 Å². The van der Waals surface area contributed by atoms with Crippen molar-refractivity contribution < 1.29 is 9.47 Å². The van der Waals surface area contributed by atoms with Crippen molar-refractivity contribution in [2.75, 3.05) is 57.3 Å². The average molecular weight is 264 g/mol. The summed E-state index contributed by atoms with van der Waals surface area (Å²) in [5.74, 6) is 0. The molecular formula is C15H24N2O2. The molecule has 0 bridgehead atoms. The van der Waals surface area contributed by atoms with Crippen LogP contribution in [0.25, 0.3) is 0 Å². The zero-order valence-corrected chi connectivity index (χ0v) is 11.9. The number of hydrogen-bond acceptors (Lipinski definition) is 4. The third kappa shape index (κ3) is 3.61. The number of fused-ring (bicyclic) bond motifs is 1. The molecule has 0 unspecified atom stereocenters. The lowest BCUT2D eigenvalue weighted by Gasteiger charge is -2.30. The van der Waals surface area contributed by atoms with E-state index in [0.29, 0.717) is 0 Å². The summed E-state index contributed by atoms with van der Waals surface area (Å²) in [6.45, 7) is 4.35. The minimum Gasteiger partial charge on any atom is -0.385 e. The number of rotatable bonds is 7. The van der Waals surface area contributed by atoms with Gasteiger partial charge in [-0.25, -0.2) is 0 Å². The summed E-state index contributed by atoms with van der Waals surface area (Å²) in [4.78, 5) is 2.36. The fourth-order valence-electron chi connectivity index (χ4n) is 2.54. The van der Waals surface area contributed by atoms with Gasteiger partial charge in [-0.3, -0.25) is 0 Å². The van der Waals surface area contributed by atoms with Gasteiger partial charge in [-0.2, -0.15) is 0 Å². The molecule has 1 N–H and O–H groups in total. The second-order valence-electron chi connectivity index (χ2n) is 4.81. The van der Waals surface area contributed by atoms with Gasteiger partial charge in [0, 0.05) is 45.2 Å². The van der Waals surface area contributed by atoms with Crippen LogP contribution >= 0.6 is 0 Å². The third-order valence-corrected chi connectivity index (χ3v) is 3.54. The van der Waals surface area contributed by atoms with E-state index in [1.165, 1.54) is 23.4 Å². The number of ether oxygens (including phenoxy) is 2. The van der Waals surface area contributed by atoms with E-state index < -0.39 is 0 Å². The summed E-state index contributed by atoms with van der Waals surface area (Å²) in [7, 11) is 3.49. The predicted octanol–water partition coefficient (Wildman–Crippen LogP) is 2.14. The molecule has 0 atom stereocenters. The van der Waals surface area contributed by atoms with Crippen molar-refractivity contribution in [2.45, 2.75) is 12.8 Å². The lowest BCUT2D eigenvalue weighted by atomic mass is 10.0. The Bertz CT molecular complexity index is 388. The van der Waals surface area contributed by atoms with Crippen molar-refractivity contribution in [2.24, 2.45) is 0 Å². The summed E-state index contributed by atoms with van der Waals surface area (Å²) in [6, 6.07) is 6.50. The summed E-state index contributed by atoms with van der Waals surface area (Å²) in [5.41, 5.74) is 4.03. The van der Waals surface area contributed by atoms with Gasteiger partial charge >= 0.3 is 0 Å². The molecule has 1 aromatic carbocycles. The number of nitrogens with zero attached hydrogens (tertiary/aromatic N) is 1. The van der Waals surface area contributed by atoms with E-state index in [2.05, 4.69) is 28.4 Å². The second kappa shape index (κ2) is 7.36. The fraction of sp³-hybridized carbons (Fsp3) is 0.600. The summed E-state index contributed by atoms with van der Waals surface area (Å²) in [5, 5.41) is 3.48. The lowest BCUT2D eigenvalue weighted by molar-refractivity contribution is 0.190. The number of nitrogens with one attached hydrogen (secondary N) is 1. The largest absolute Gasteiger partial charge is 0.385 e. The Morgan fingerprint density at radius 2 is 1.89 bits per heavy atom. The quantitative estimate of drug-likeness (QED) is 0.818. The Kier molecular flexibility index (Phi) is 5.48. The number of benzene rings is 1. The van der Waals surface area contributed by atoms with Gasteiger partial charge in [-0.15, -0.1) is 0 Å². The molecule has 0 radical (unpaired) electrons. The first-order chi connectivity index (χ1) is 9.36. The van der Waals surface area contributed by atoms with Crippen LogP contribution in [0.5, 0.6) is 0 Å². The molecule has 0 fully saturated rings. The molecule has 4 nitrogen and oxygen atoms in total. The van der Waals surface area contributed by atoms with E-state index in [4.69, 9.17) is 9.47 Å². The van der Waals surface area contributed by atoms with E-state index in [1.54, 1.807) is 14.2 Å². The van der Waals surface area contributed by atoms with Gasteiger partial charge in [-0.1, -0.05) is 6.07 Å². The molecule has 1 aliphatic heterocycles. The maximum absolute atomic E-state index is 5.22. The molecule has 2 rings (SSSR count). The molecule has 0 aromatic heterocycles. The molecule has 1 aromatic rings. The molecule has 0 saturated carbocycles. The van der Waals surface area contributed by atoms with Crippen molar-refractivity contribution in [3.63, 3.8) is 0 Å². The molecule has 0 amide bonds. The Morgan fingerprint density at radius 3 is 2.58 bits per heavy atom. The average Bonchev–Trinajstić information content (AvgIpc) is 2.47. The van der Waals surface area contributed by atoms with Gasteiger partial charge in [0.1, 0.15) is 0 Å². The zero-order valence-electron chi connectivity index (χ0n) is 11.9. The van der Waals surface area contributed by atoms with Crippen LogP contribution in [-0.4, -0.2) is 47.1 Å². The maximum Gasteiger partial charge on any atom is 0.0637 e. The van der Waals surface area contributed by atoms with Crippen LogP contribution in [0.3, 0.4) is 0 Å². The van der Waals surface area contributed by atoms with E-state index >= 15 is 0 Å². The molecule has 1 heterocycles.